The summed E-state index contributed by atoms with van der Waals surface area (Å²) in [7, 11) is 1.50. The topological polar surface area (TPSA) is 40.6 Å². The summed E-state index contributed by atoms with van der Waals surface area (Å²) in [6, 6.07) is 7.17. The molecule has 4 nitrogen and oxygen atoms in total. The molecule has 0 fully saturated rings. The monoisotopic (exact) mass is 209 g/mol. The predicted octanol–water partition coefficient (Wildman–Crippen LogP) is 1.87. The molecule has 0 N–H and O–H groups in total. The van der Waals surface area contributed by atoms with E-state index in [-0.39, 0.29) is 5.91 Å². The first kappa shape index (κ1) is 9.16. The lowest BCUT2D eigenvalue weighted by Crippen LogP contribution is -2.31. The molecule has 0 saturated heterocycles. The fourth-order valence-corrected chi connectivity index (χ4v) is 2.51. The lowest BCUT2D eigenvalue weighted by atomic mass is 10.1. The number of carbonyl (C=O) groups is 1. The van der Waals surface area contributed by atoms with E-state index >= 15 is 0 Å². The molecule has 1 atom stereocenters. The van der Waals surface area contributed by atoms with Gasteiger partial charge in [0.15, 0.2) is 0 Å². The summed E-state index contributed by atoms with van der Waals surface area (Å²) < 4.78 is 14.6. The van der Waals surface area contributed by atoms with Crippen LogP contribution in [0.2, 0.25) is 0 Å². The lowest BCUT2D eigenvalue weighted by molar-refractivity contribution is 0.0881. The second kappa shape index (κ2) is 3.07. The second-order valence-electron chi connectivity index (χ2n) is 3.12. The number of rotatable bonds is 0. The van der Waals surface area contributed by atoms with Crippen LogP contribution in [0.25, 0.3) is 0 Å². The number of nitrogens with zero attached hydrogens (tertiary/aromatic N) is 2. The van der Waals surface area contributed by atoms with Crippen LogP contribution in [-0.2, 0) is 4.57 Å². The number of hydrogen-bond donors (Lipinski definition) is 0. The van der Waals surface area contributed by atoms with Crippen molar-refractivity contribution in [1.29, 1.82) is 0 Å². The van der Waals surface area contributed by atoms with Crippen molar-refractivity contribution in [1.82, 2.24) is 4.67 Å². The van der Waals surface area contributed by atoms with Gasteiger partial charge in [-0.05, 0) is 12.1 Å². The van der Waals surface area contributed by atoms with Gasteiger partial charge in [-0.2, -0.15) is 0 Å². The summed E-state index contributed by atoms with van der Waals surface area (Å²) in [5, 5.41) is 0. The van der Waals surface area contributed by atoms with Gasteiger partial charge < -0.3 is 0 Å². The first-order chi connectivity index (χ1) is 6.63. The van der Waals surface area contributed by atoms with Crippen LogP contribution in [0.3, 0.4) is 0 Å². The lowest BCUT2D eigenvalue weighted by Gasteiger charge is -2.30. The molecule has 0 bridgehead atoms. The zero-order valence-corrected chi connectivity index (χ0v) is 8.86. The molecule has 2 rings (SSSR count). The van der Waals surface area contributed by atoms with Gasteiger partial charge in [-0.15, -0.1) is 0 Å². The van der Waals surface area contributed by atoms with E-state index in [9.17, 15) is 9.36 Å². The molecular weight excluding hydrogens is 199 g/mol. The van der Waals surface area contributed by atoms with E-state index in [4.69, 9.17) is 0 Å². The maximum Gasteiger partial charge on any atom is 0.288 e. The highest BCUT2D eigenvalue weighted by atomic mass is 31.1. The van der Waals surface area contributed by atoms with E-state index in [0.717, 1.165) is 5.69 Å². The van der Waals surface area contributed by atoms with E-state index in [1.54, 1.807) is 37.0 Å². The third-order valence-corrected chi connectivity index (χ3v) is 3.71. The Labute approximate surface area is 83.0 Å². The van der Waals surface area contributed by atoms with Crippen molar-refractivity contribution in [2.24, 2.45) is 0 Å². The Kier molecular flexibility index (Phi) is 2.01. The van der Waals surface area contributed by atoms with Crippen molar-refractivity contribution in [3.63, 3.8) is 0 Å². The number of carbonyl (C=O) groups excluding carboxylic acids is 1. The largest absolute Gasteiger partial charge is 0.288 e. The van der Waals surface area contributed by atoms with E-state index in [0.29, 0.717) is 5.56 Å². The second-order valence-corrected chi connectivity index (χ2v) is 4.83. The summed E-state index contributed by atoms with van der Waals surface area (Å²) in [6.07, 6.45) is 0. The van der Waals surface area contributed by atoms with Crippen molar-refractivity contribution in [2.45, 2.75) is 0 Å². The standard InChI is InChI=1S/C9H10N2O2P/c1-10-8-6-4-3-5-7(8)9(12)11(2)14(10)13/h3-6H,1-2H3. The van der Waals surface area contributed by atoms with Crippen molar-refractivity contribution in [3.8, 4) is 0 Å². The van der Waals surface area contributed by atoms with Crippen LogP contribution in [0.5, 0.6) is 0 Å². The summed E-state index contributed by atoms with van der Waals surface area (Å²) in [6.45, 7) is 0. The highest BCUT2D eigenvalue weighted by Gasteiger charge is 2.30. The molecule has 0 saturated carbocycles. The Morgan fingerprint density at radius 2 is 1.79 bits per heavy atom. The molecule has 0 spiro atoms. The van der Waals surface area contributed by atoms with Gasteiger partial charge in [-0.25, -0.2) is 4.57 Å². The van der Waals surface area contributed by atoms with Gasteiger partial charge in [-0.3, -0.25) is 14.1 Å². The molecule has 1 aliphatic heterocycles. The maximum atomic E-state index is 11.7. The molecule has 1 heterocycles. The quantitative estimate of drug-likeness (QED) is 0.612. The van der Waals surface area contributed by atoms with Crippen LogP contribution >= 0.6 is 8.10 Å². The molecule has 73 valence electrons. The minimum atomic E-state index is -1.77. The number of para-hydroxylation sites is 1. The average Bonchev–Trinajstić information content (AvgIpc) is 2.23. The van der Waals surface area contributed by atoms with Crippen LogP contribution in [0, 0.1) is 0 Å². The average molecular weight is 209 g/mol. The van der Waals surface area contributed by atoms with E-state index in [1.807, 2.05) is 6.07 Å². The molecular formula is C9H10N2O2P. The van der Waals surface area contributed by atoms with Crippen molar-refractivity contribution in [2.75, 3.05) is 18.8 Å². The fourth-order valence-electron chi connectivity index (χ4n) is 1.48. The van der Waals surface area contributed by atoms with Crippen LogP contribution in [-0.4, -0.2) is 24.7 Å². The van der Waals surface area contributed by atoms with E-state index in [2.05, 4.69) is 0 Å². The first-order valence-corrected chi connectivity index (χ1v) is 5.37. The van der Waals surface area contributed by atoms with Crippen molar-refractivity contribution >= 4 is 19.7 Å². The molecule has 1 unspecified atom stereocenters. The Hall–Kier alpha value is -1.41. The van der Waals surface area contributed by atoms with Crippen LogP contribution in [0.1, 0.15) is 10.4 Å². The third kappa shape index (κ3) is 1.11. The van der Waals surface area contributed by atoms with Crippen molar-refractivity contribution < 1.29 is 9.36 Å². The zero-order valence-electron chi connectivity index (χ0n) is 7.97. The number of benzene rings is 1. The Bertz CT molecular complexity index is 419. The SMILES string of the molecule is CN1C(=O)c2ccccc2N(C)[P]1=O. The molecule has 5 heteroatoms. The first-order valence-electron chi connectivity index (χ1n) is 4.21. The normalized spacial score (nSPS) is 18.4. The summed E-state index contributed by atoms with van der Waals surface area (Å²) in [5.41, 5.74) is 1.34. The minimum Gasteiger partial charge on any atom is -0.287 e. The molecule has 1 radical (unpaired) electrons. The van der Waals surface area contributed by atoms with Crippen LogP contribution in [0.4, 0.5) is 5.69 Å². The van der Waals surface area contributed by atoms with Gasteiger partial charge in [0.25, 0.3) is 14.0 Å². The molecule has 1 amide bonds. The van der Waals surface area contributed by atoms with Gasteiger partial charge in [0.1, 0.15) is 0 Å². The number of hydrogen-bond acceptors (Lipinski definition) is 2. The van der Waals surface area contributed by atoms with Gasteiger partial charge in [-0.1, -0.05) is 12.1 Å². The van der Waals surface area contributed by atoms with Crippen LogP contribution in [0.15, 0.2) is 24.3 Å². The smallest absolute Gasteiger partial charge is 0.287 e. The third-order valence-electron chi connectivity index (χ3n) is 2.29. The van der Waals surface area contributed by atoms with Gasteiger partial charge in [0, 0.05) is 14.1 Å². The Balaban J connectivity index is 2.62. The molecule has 1 aromatic rings. The van der Waals surface area contributed by atoms with Crippen LogP contribution < -0.4 is 4.67 Å². The number of amides is 1. The van der Waals surface area contributed by atoms with Gasteiger partial charge in [0.05, 0.1) is 11.3 Å². The minimum absolute atomic E-state index is 0.181. The zero-order chi connectivity index (χ0) is 10.3. The molecule has 14 heavy (non-hydrogen) atoms. The molecule has 0 aromatic heterocycles. The molecule has 1 aliphatic rings. The fraction of sp³-hybridized carbons (Fsp3) is 0.222. The molecule has 1 aromatic carbocycles. The van der Waals surface area contributed by atoms with E-state index in [1.165, 1.54) is 4.67 Å². The Morgan fingerprint density at radius 3 is 2.50 bits per heavy atom. The highest BCUT2D eigenvalue weighted by Crippen LogP contribution is 2.42. The van der Waals surface area contributed by atoms with Gasteiger partial charge >= 0.3 is 0 Å². The summed E-state index contributed by atoms with van der Waals surface area (Å²) in [5.74, 6) is -0.181. The Morgan fingerprint density at radius 1 is 1.14 bits per heavy atom. The number of anilines is 1. The molecule has 0 aliphatic carbocycles. The predicted molar refractivity (Wildman–Crippen MR) is 54.5 cm³/mol. The summed E-state index contributed by atoms with van der Waals surface area (Å²) in [4.78, 5) is 11.7. The van der Waals surface area contributed by atoms with Gasteiger partial charge in [0.2, 0.25) is 0 Å². The number of fused-ring (bicyclic) bond motifs is 1. The maximum absolute atomic E-state index is 11.7. The highest BCUT2D eigenvalue weighted by molar-refractivity contribution is 7.45. The summed E-state index contributed by atoms with van der Waals surface area (Å²) >= 11 is 0. The van der Waals surface area contributed by atoms with Crippen molar-refractivity contribution in [3.05, 3.63) is 29.8 Å². The van der Waals surface area contributed by atoms with E-state index < -0.39 is 8.10 Å².